The Labute approximate surface area is 173 Å². The Morgan fingerprint density at radius 2 is 1.41 bits per heavy atom. The van der Waals surface area contributed by atoms with Crippen molar-refractivity contribution in [3.05, 3.63) is 42.4 Å². The number of hydrogen-bond donors (Lipinski definition) is 0. The fourth-order valence-electron chi connectivity index (χ4n) is 3.28. The molecule has 1 fully saturated rings. The van der Waals surface area contributed by atoms with Crippen molar-refractivity contribution in [1.29, 1.82) is 0 Å². The maximum absolute atomic E-state index is 13.1. The van der Waals surface area contributed by atoms with Gasteiger partial charge in [0.05, 0.1) is 11.2 Å². The van der Waals surface area contributed by atoms with Crippen LogP contribution in [0.15, 0.2) is 46.7 Å². The van der Waals surface area contributed by atoms with Gasteiger partial charge in [-0.2, -0.15) is 8.61 Å². The van der Waals surface area contributed by atoms with E-state index in [2.05, 4.69) is 25.8 Å². The average molecular weight is 441 g/mol. The van der Waals surface area contributed by atoms with Gasteiger partial charge in [0.25, 0.3) is 10.0 Å². The molecule has 0 N–H and O–H groups in total. The molecule has 0 unspecified atom stereocenters. The van der Waals surface area contributed by atoms with Crippen LogP contribution in [-0.4, -0.2) is 61.2 Å². The number of nitrogens with zero attached hydrogens (tertiary/aromatic N) is 4. The molecule has 0 bridgehead atoms. The van der Waals surface area contributed by atoms with Gasteiger partial charge in [-0.25, -0.2) is 21.8 Å². The summed E-state index contributed by atoms with van der Waals surface area (Å²) < 4.78 is 56.0. The fraction of sp³-hybridized carbons (Fsp3) is 0.526. The average Bonchev–Trinajstić information content (AvgIpc) is 2.93. The highest BCUT2D eigenvalue weighted by atomic mass is 32.2. The standard InChI is InChI=1S/C19H28N4O4S2/c1-19(2,3)16-6-8-17(9-7-16)28(24,25)22-10-5-11-23(13-12-22)29(26,27)18-14-21(4)15-20-18/h6-9,14-15H,5,10-13H2,1-4H3. The first-order valence-corrected chi connectivity index (χ1v) is 12.4. The summed E-state index contributed by atoms with van der Waals surface area (Å²) in [5.41, 5.74) is 0.991. The van der Waals surface area contributed by atoms with Crippen molar-refractivity contribution in [1.82, 2.24) is 18.2 Å². The summed E-state index contributed by atoms with van der Waals surface area (Å²) in [5.74, 6) is 0. The topological polar surface area (TPSA) is 92.6 Å². The van der Waals surface area contributed by atoms with Crippen LogP contribution in [0, 0.1) is 0 Å². The van der Waals surface area contributed by atoms with E-state index in [0.717, 1.165) is 5.56 Å². The third-order valence-corrected chi connectivity index (χ3v) is 8.75. The number of imidazole rings is 1. The van der Waals surface area contributed by atoms with E-state index in [1.165, 1.54) is 21.1 Å². The molecule has 0 radical (unpaired) electrons. The SMILES string of the molecule is Cn1cnc(S(=O)(=O)N2CCCN(S(=O)(=O)c3ccc(C(C)(C)C)cc3)CC2)c1. The van der Waals surface area contributed by atoms with Gasteiger partial charge < -0.3 is 4.57 Å². The number of aryl methyl sites for hydroxylation is 1. The molecular weight excluding hydrogens is 412 g/mol. The zero-order valence-corrected chi connectivity index (χ0v) is 18.9. The van der Waals surface area contributed by atoms with Crippen LogP contribution in [-0.2, 0) is 32.5 Å². The molecule has 0 atom stereocenters. The lowest BCUT2D eigenvalue weighted by atomic mass is 9.87. The van der Waals surface area contributed by atoms with E-state index in [1.807, 2.05) is 12.1 Å². The molecule has 1 aliphatic rings. The number of hydrogen-bond acceptors (Lipinski definition) is 5. The Hall–Kier alpha value is -1.75. The maximum atomic E-state index is 13.1. The maximum Gasteiger partial charge on any atom is 0.262 e. The zero-order valence-electron chi connectivity index (χ0n) is 17.2. The van der Waals surface area contributed by atoms with Crippen LogP contribution in [0.4, 0.5) is 0 Å². The smallest absolute Gasteiger partial charge is 0.262 e. The molecule has 0 amide bonds. The van der Waals surface area contributed by atoms with Gasteiger partial charge in [0.1, 0.15) is 0 Å². The molecule has 1 aromatic heterocycles. The quantitative estimate of drug-likeness (QED) is 0.723. The van der Waals surface area contributed by atoms with Gasteiger partial charge >= 0.3 is 0 Å². The highest BCUT2D eigenvalue weighted by Gasteiger charge is 2.32. The summed E-state index contributed by atoms with van der Waals surface area (Å²) in [6, 6.07) is 6.93. The van der Waals surface area contributed by atoms with E-state index in [0.29, 0.717) is 6.42 Å². The van der Waals surface area contributed by atoms with Gasteiger partial charge in [0.15, 0.2) is 5.03 Å². The molecule has 0 saturated carbocycles. The molecule has 0 aliphatic carbocycles. The molecule has 2 heterocycles. The predicted octanol–water partition coefficient (Wildman–Crippen LogP) is 1.80. The van der Waals surface area contributed by atoms with E-state index in [4.69, 9.17) is 0 Å². The number of rotatable bonds is 4. The van der Waals surface area contributed by atoms with Crippen molar-refractivity contribution in [2.75, 3.05) is 26.2 Å². The van der Waals surface area contributed by atoms with Gasteiger partial charge in [-0.1, -0.05) is 32.9 Å². The van der Waals surface area contributed by atoms with Gasteiger partial charge in [0.2, 0.25) is 10.0 Å². The molecule has 2 aromatic rings. The largest absolute Gasteiger partial charge is 0.339 e. The minimum atomic E-state index is -3.74. The summed E-state index contributed by atoms with van der Waals surface area (Å²) in [4.78, 5) is 4.17. The summed E-state index contributed by atoms with van der Waals surface area (Å²) in [6.45, 7) is 6.95. The molecule has 8 nitrogen and oxygen atoms in total. The van der Waals surface area contributed by atoms with E-state index in [1.54, 1.807) is 23.7 Å². The van der Waals surface area contributed by atoms with E-state index < -0.39 is 20.0 Å². The second-order valence-corrected chi connectivity index (χ2v) is 12.1. The fourth-order valence-corrected chi connectivity index (χ4v) is 6.19. The lowest BCUT2D eigenvalue weighted by Gasteiger charge is -2.22. The van der Waals surface area contributed by atoms with Crippen molar-refractivity contribution in [2.45, 2.75) is 42.5 Å². The number of sulfonamides is 2. The van der Waals surface area contributed by atoms with Crippen LogP contribution >= 0.6 is 0 Å². The summed E-state index contributed by atoms with van der Waals surface area (Å²) in [5, 5.41) is -0.0194. The van der Waals surface area contributed by atoms with Crippen molar-refractivity contribution in [3.63, 3.8) is 0 Å². The minimum absolute atomic E-state index is 0.0194. The first kappa shape index (κ1) is 21.9. The zero-order chi connectivity index (χ0) is 21.4. The van der Waals surface area contributed by atoms with Crippen molar-refractivity contribution < 1.29 is 16.8 Å². The molecule has 29 heavy (non-hydrogen) atoms. The van der Waals surface area contributed by atoms with Gasteiger partial charge in [-0.3, -0.25) is 0 Å². The van der Waals surface area contributed by atoms with Crippen LogP contribution in [0.1, 0.15) is 32.8 Å². The van der Waals surface area contributed by atoms with Crippen LogP contribution in [0.3, 0.4) is 0 Å². The third kappa shape index (κ3) is 4.55. The van der Waals surface area contributed by atoms with Crippen molar-refractivity contribution >= 4 is 20.0 Å². The Morgan fingerprint density at radius 3 is 1.90 bits per heavy atom. The lowest BCUT2D eigenvalue weighted by Crippen LogP contribution is -2.37. The van der Waals surface area contributed by atoms with Crippen LogP contribution < -0.4 is 0 Å². The second kappa shape index (κ2) is 7.82. The molecule has 10 heteroatoms. The Balaban J connectivity index is 1.78. The Bertz CT molecular complexity index is 1070. The summed E-state index contributed by atoms with van der Waals surface area (Å²) in [7, 11) is -5.72. The van der Waals surface area contributed by atoms with Crippen molar-refractivity contribution in [2.24, 2.45) is 7.05 Å². The lowest BCUT2D eigenvalue weighted by molar-refractivity contribution is 0.403. The van der Waals surface area contributed by atoms with E-state index >= 15 is 0 Å². The molecule has 1 aromatic carbocycles. The molecular formula is C19H28N4O4S2. The highest BCUT2D eigenvalue weighted by Crippen LogP contribution is 2.25. The van der Waals surface area contributed by atoms with Gasteiger partial charge in [0, 0.05) is 39.4 Å². The third-order valence-electron chi connectivity index (χ3n) is 5.06. The molecule has 0 spiro atoms. The van der Waals surface area contributed by atoms with Gasteiger partial charge in [-0.05, 0) is 29.5 Å². The summed E-state index contributed by atoms with van der Waals surface area (Å²) >= 11 is 0. The Kier molecular flexibility index (Phi) is 5.92. The van der Waals surface area contributed by atoms with Crippen LogP contribution in [0.5, 0.6) is 0 Å². The first-order chi connectivity index (χ1) is 13.4. The van der Waals surface area contributed by atoms with Gasteiger partial charge in [-0.15, -0.1) is 0 Å². The number of aromatic nitrogens is 2. The Morgan fingerprint density at radius 1 is 0.862 bits per heavy atom. The molecule has 160 valence electrons. The predicted molar refractivity (Wildman–Crippen MR) is 110 cm³/mol. The van der Waals surface area contributed by atoms with E-state index in [-0.39, 0.29) is 41.5 Å². The van der Waals surface area contributed by atoms with Crippen LogP contribution in [0.25, 0.3) is 0 Å². The van der Waals surface area contributed by atoms with E-state index in [9.17, 15) is 16.8 Å². The number of benzene rings is 1. The molecule has 1 aliphatic heterocycles. The molecule has 3 rings (SSSR count). The highest BCUT2D eigenvalue weighted by molar-refractivity contribution is 7.89. The molecule has 1 saturated heterocycles. The normalized spacial score (nSPS) is 17.9. The minimum Gasteiger partial charge on any atom is -0.339 e. The van der Waals surface area contributed by atoms with Crippen LogP contribution in [0.2, 0.25) is 0 Å². The monoisotopic (exact) mass is 440 g/mol. The summed E-state index contributed by atoms with van der Waals surface area (Å²) in [6.07, 6.45) is 3.31. The second-order valence-electron chi connectivity index (χ2n) is 8.31. The van der Waals surface area contributed by atoms with Crippen molar-refractivity contribution in [3.8, 4) is 0 Å². The first-order valence-electron chi connectivity index (χ1n) is 9.51.